The average Bonchev–Trinajstić information content (AvgIpc) is 2.97. The SMILES string of the molecule is NCCNC1Cc2cc(Cl)ccc2Sc2ccccc21.O=C(O)/C=C\C(=O)O.O=C(O)/C=C\C(=O)O. The Labute approximate surface area is 216 Å². The largest absolute Gasteiger partial charge is 0.478 e. The molecule has 192 valence electrons. The second-order valence-electron chi connectivity index (χ2n) is 6.91. The third-order valence-corrected chi connectivity index (χ3v) is 5.68. The van der Waals surface area contributed by atoms with Crippen LogP contribution in [0.2, 0.25) is 5.02 Å². The second-order valence-corrected chi connectivity index (χ2v) is 8.43. The number of nitrogens with one attached hydrogen (secondary N) is 1. The van der Waals surface area contributed by atoms with Gasteiger partial charge in [-0.25, -0.2) is 19.2 Å². The van der Waals surface area contributed by atoms with Gasteiger partial charge < -0.3 is 31.5 Å². The van der Waals surface area contributed by atoms with Crippen LogP contribution < -0.4 is 11.1 Å². The summed E-state index contributed by atoms with van der Waals surface area (Å²) in [5.74, 6) is -5.03. The molecule has 1 atom stereocenters. The summed E-state index contributed by atoms with van der Waals surface area (Å²) in [5, 5.41) is 35.6. The highest BCUT2D eigenvalue weighted by molar-refractivity contribution is 7.99. The summed E-state index contributed by atoms with van der Waals surface area (Å²) in [5.41, 5.74) is 8.28. The van der Waals surface area contributed by atoms with E-state index in [1.165, 1.54) is 20.9 Å². The number of rotatable bonds is 7. The Kier molecular flexibility index (Phi) is 13.6. The molecule has 0 saturated carbocycles. The van der Waals surface area contributed by atoms with Crippen LogP contribution in [0.5, 0.6) is 0 Å². The van der Waals surface area contributed by atoms with Crippen LogP contribution >= 0.6 is 23.4 Å². The van der Waals surface area contributed by atoms with Crippen LogP contribution in [0, 0.1) is 0 Å². The number of fused-ring (bicyclic) bond motifs is 2. The van der Waals surface area contributed by atoms with Crippen molar-refractivity contribution in [3.8, 4) is 0 Å². The quantitative estimate of drug-likeness (QED) is 0.285. The van der Waals surface area contributed by atoms with Crippen molar-refractivity contribution in [2.24, 2.45) is 5.73 Å². The van der Waals surface area contributed by atoms with Gasteiger partial charge >= 0.3 is 23.9 Å². The van der Waals surface area contributed by atoms with Gasteiger partial charge in [-0.05, 0) is 41.8 Å². The lowest BCUT2D eigenvalue weighted by Crippen LogP contribution is -2.28. The predicted octanol–water partition coefficient (Wildman–Crippen LogP) is 3.06. The smallest absolute Gasteiger partial charge is 0.328 e. The highest BCUT2D eigenvalue weighted by Crippen LogP contribution is 2.41. The molecule has 36 heavy (non-hydrogen) atoms. The minimum atomic E-state index is -1.26. The van der Waals surface area contributed by atoms with Crippen molar-refractivity contribution in [3.05, 3.63) is 82.9 Å². The van der Waals surface area contributed by atoms with Crippen molar-refractivity contribution in [3.63, 3.8) is 0 Å². The molecule has 0 fully saturated rings. The number of hydrogen-bond acceptors (Lipinski definition) is 7. The van der Waals surface area contributed by atoms with E-state index in [-0.39, 0.29) is 0 Å². The summed E-state index contributed by atoms with van der Waals surface area (Å²) in [6, 6.07) is 15.0. The van der Waals surface area contributed by atoms with Crippen molar-refractivity contribution in [2.75, 3.05) is 13.1 Å². The molecule has 0 aliphatic carbocycles. The van der Waals surface area contributed by atoms with Gasteiger partial charge in [0.05, 0.1) is 0 Å². The maximum Gasteiger partial charge on any atom is 0.328 e. The number of benzene rings is 2. The molecule has 1 unspecified atom stereocenters. The van der Waals surface area contributed by atoms with Gasteiger partial charge in [0.1, 0.15) is 0 Å². The van der Waals surface area contributed by atoms with Gasteiger partial charge in [-0.15, -0.1) is 0 Å². The molecular formula is C24H25ClN2O8S. The van der Waals surface area contributed by atoms with E-state index in [0.29, 0.717) is 36.9 Å². The summed E-state index contributed by atoms with van der Waals surface area (Å²) in [7, 11) is 0. The molecule has 0 saturated heterocycles. The molecule has 0 aromatic heterocycles. The Morgan fingerprint density at radius 3 is 1.92 bits per heavy atom. The van der Waals surface area contributed by atoms with E-state index in [0.717, 1.165) is 18.0 Å². The van der Waals surface area contributed by atoms with Crippen LogP contribution in [0.25, 0.3) is 0 Å². The van der Waals surface area contributed by atoms with Crippen molar-refractivity contribution in [2.45, 2.75) is 22.3 Å². The fourth-order valence-electron chi connectivity index (χ4n) is 2.84. The molecule has 3 rings (SSSR count). The highest BCUT2D eigenvalue weighted by atomic mass is 35.5. The van der Waals surface area contributed by atoms with Crippen LogP contribution in [0.15, 0.2) is 76.6 Å². The first-order chi connectivity index (χ1) is 17.0. The average molecular weight is 537 g/mol. The molecule has 1 heterocycles. The van der Waals surface area contributed by atoms with Crippen LogP contribution in [0.3, 0.4) is 0 Å². The summed E-state index contributed by atoms with van der Waals surface area (Å²) >= 11 is 7.96. The van der Waals surface area contributed by atoms with Crippen molar-refractivity contribution < 1.29 is 39.6 Å². The molecule has 0 amide bonds. The van der Waals surface area contributed by atoms with E-state index >= 15 is 0 Å². The molecule has 12 heteroatoms. The summed E-state index contributed by atoms with van der Waals surface area (Å²) in [6.07, 6.45) is 3.18. The molecular weight excluding hydrogens is 512 g/mol. The van der Waals surface area contributed by atoms with Gasteiger partial charge in [0.15, 0.2) is 0 Å². The molecule has 0 bridgehead atoms. The Hall–Kier alpha value is -3.64. The fraction of sp³-hybridized carbons (Fsp3) is 0.167. The van der Waals surface area contributed by atoms with E-state index in [9.17, 15) is 19.2 Å². The second kappa shape index (κ2) is 16.1. The van der Waals surface area contributed by atoms with Gasteiger partial charge in [-0.2, -0.15) is 0 Å². The Morgan fingerprint density at radius 2 is 1.42 bits per heavy atom. The van der Waals surface area contributed by atoms with E-state index in [2.05, 4.69) is 41.7 Å². The molecule has 7 N–H and O–H groups in total. The topological polar surface area (TPSA) is 187 Å². The lowest BCUT2D eigenvalue weighted by atomic mass is 9.99. The Balaban J connectivity index is 0.000000337. The van der Waals surface area contributed by atoms with Crippen molar-refractivity contribution >= 4 is 47.2 Å². The third-order valence-electron chi connectivity index (χ3n) is 4.23. The number of carbonyl (C=O) groups is 4. The van der Waals surface area contributed by atoms with Crippen molar-refractivity contribution in [1.82, 2.24) is 5.32 Å². The number of carboxylic acids is 4. The first kappa shape index (κ1) is 30.4. The number of hydrogen-bond donors (Lipinski definition) is 6. The molecule has 2 aromatic rings. The van der Waals surface area contributed by atoms with Gasteiger partial charge in [-0.3, -0.25) is 0 Å². The van der Waals surface area contributed by atoms with Crippen LogP contribution in [0.4, 0.5) is 0 Å². The number of halogens is 1. The maximum atomic E-state index is 9.55. The first-order valence-corrected chi connectivity index (χ1v) is 11.5. The standard InChI is InChI=1S/C16H17ClN2S.2C4H4O4/c17-12-5-6-15-11(9-12)10-14(19-8-7-18)13-3-1-2-4-16(13)20-15;2*5-3(6)1-2-4(7)8/h1-6,9,14,19H,7-8,10,18H2;2*1-2H,(H,5,6)(H,7,8)/b;2*2-1-. The number of aliphatic carboxylic acids is 4. The lowest BCUT2D eigenvalue weighted by Gasteiger charge is -2.19. The van der Waals surface area contributed by atoms with E-state index in [4.69, 9.17) is 37.8 Å². The maximum absolute atomic E-state index is 9.55. The zero-order valence-corrected chi connectivity index (χ0v) is 20.4. The van der Waals surface area contributed by atoms with E-state index < -0.39 is 23.9 Å². The molecule has 0 radical (unpaired) electrons. The molecule has 10 nitrogen and oxygen atoms in total. The summed E-state index contributed by atoms with van der Waals surface area (Å²) in [6.45, 7) is 1.47. The Bertz CT molecular complexity index is 1070. The monoisotopic (exact) mass is 536 g/mol. The third kappa shape index (κ3) is 12.2. The minimum Gasteiger partial charge on any atom is -0.478 e. The zero-order valence-electron chi connectivity index (χ0n) is 18.8. The number of nitrogens with two attached hydrogens (primary N) is 1. The highest BCUT2D eigenvalue weighted by Gasteiger charge is 2.22. The van der Waals surface area contributed by atoms with E-state index in [1.807, 2.05) is 17.8 Å². The lowest BCUT2D eigenvalue weighted by molar-refractivity contribution is -0.134. The molecule has 1 aliphatic rings. The fourth-order valence-corrected chi connectivity index (χ4v) is 4.16. The molecule has 1 aliphatic heterocycles. The normalized spacial score (nSPS) is 13.8. The predicted molar refractivity (Wildman–Crippen MR) is 134 cm³/mol. The van der Waals surface area contributed by atoms with Gasteiger partial charge in [-0.1, -0.05) is 41.6 Å². The number of carboxylic acid groups (broad SMARTS) is 4. The minimum absolute atomic E-state index is 0.293. The molecule has 2 aromatic carbocycles. The van der Waals surface area contributed by atoms with Gasteiger partial charge in [0.2, 0.25) is 0 Å². The van der Waals surface area contributed by atoms with Crippen molar-refractivity contribution in [1.29, 1.82) is 0 Å². The van der Waals surface area contributed by atoms with Gasteiger partial charge in [0.25, 0.3) is 0 Å². The van der Waals surface area contributed by atoms with Gasteiger partial charge in [0, 0.05) is 58.2 Å². The summed E-state index contributed by atoms with van der Waals surface area (Å²) < 4.78 is 0. The molecule has 0 spiro atoms. The first-order valence-electron chi connectivity index (χ1n) is 10.3. The zero-order chi connectivity index (χ0) is 27.1. The van der Waals surface area contributed by atoms with E-state index in [1.54, 1.807) is 0 Å². The Morgan fingerprint density at radius 1 is 0.889 bits per heavy atom. The van der Waals surface area contributed by atoms with Crippen LogP contribution in [-0.4, -0.2) is 57.4 Å². The van der Waals surface area contributed by atoms with Crippen LogP contribution in [-0.2, 0) is 25.6 Å². The summed E-state index contributed by atoms with van der Waals surface area (Å²) in [4.78, 5) is 40.8. The van der Waals surface area contributed by atoms with Crippen LogP contribution in [0.1, 0.15) is 17.2 Å².